The van der Waals surface area contributed by atoms with Gasteiger partial charge in [0.2, 0.25) is 5.91 Å². The van der Waals surface area contributed by atoms with Crippen LogP contribution in [0.5, 0.6) is 5.75 Å². The molecule has 2 aromatic carbocycles. The van der Waals surface area contributed by atoms with Gasteiger partial charge in [0.15, 0.2) is 0 Å². The minimum Gasteiger partial charge on any atom is -0.496 e. The maximum atomic E-state index is 12.2. The number of amides is 2. The van der Waals surface area contributed by atoms with E-state index in [1.807, 2.05) is 25.1 Å². The molecule has 0 saturated carbocycles. The quantitative estimate of drug-likeness (QED) is 0.772. The maximum absolute atomic E-state index is 12.2. The summed E-state index contributed by atoms with van der Waals surface area (Å²) in [6, 6.07) is 12.5. The van der Waals surface area contributed by atoms with Gasteiger partial charge in [0.1, 0.15) is 12.4 Å². The third-order valence-corrected chi connectivity index (χ3v) is 5.84. The van der Waals surface area contributed by atoms with Crippen LogP contribution in [-0.2, 0) is 16.1 Å². The van der Waals surface area contributed by atoms with E-state index in [0.717, 1.165) is 59.7 Å². The number of likely N-dealkylation sites (tertiary alicyclic amines) is 1. The molecule has 7 nitrogen and oxygen atoms in total. The fraction of sp³-hybridized carbons (Fsp3) is 0.417. The normalized spacial score (nSPS) is 18.9. The molecular formula is C24H29N3O4. The number of ether oxygens (including phenoxy) is 2. The fourth-order valence-corrected chi connectivity index (χ4v) is 4.42. The molecule has 1 atom stereocenters. The molecule has 4 rings (SSSR count). The van der Waals surface area contributed by atoms with Gasteiger partial charge in [-0.1, -0.05) is 17.7 Å². The first-order chi connectivity index (χ1) is 14.9. The van der Waals surface area contributed by atoms with Gasteiger partial charge >= 0.3 is 6.09 Å². The Balaban J connectivity index is 1.64. The van der Waals surface area contributed by atoms with Gasteiger partial charge < -0.3 is 14.8 Å². The number of hydrogen-bond donors (Lipinski definition) is 1. The standard InChI is InChI=1S/C24H29N3O4/c1-16-4-6-22(27-10-11-31-24(27)29)20(12-16)21-13-18(5-7-23(21)30-3)14-26-9-8-19(15-26)25-17(2)28/h4-7,12-13,19H,8-11,14-15H2,1-3H3,(H,25,28). The SMILES string of the molecule is COc1ccc(CN2CCC(NC(C)=O)C2)cc1-c1cc(C)ccc1N1CCOC1=O. The highest BCUT2D eigenvalue weighted by molar-refractivity contribution is 5.96. The number of aryl methyl sites for hydroxylation is 1. The van der Waals surface area contributed by atoms with Crippen LogP contribution >= 0.6 is 0 Å². The number of carbonyl (C=O) groups excluding carboxylic acids is 2. The summed E-state index contributed by atoms with van der Waals surface area (Å²) in [5, 5.41) is 3.01. The average molecular weight is 424 g/mol. The van der Waals surface area contributed by atoms with Gasteiger partial charge in [-0.25, -0.2) is 4.79 Å². The molecule has 1 N–H and O–H groups in total. The van der Waals surface area contributed by atoms with E-state index in [4.69, 9.17) is 9.47 Å². The van der Waals surface area contributed by atoms with Crippen molar-refractivity contribution < 1.29 is 19.1 Å². The van der Waals surface area contributed by atoms with E-state index in [0.29, 0.717) is 13.2 Å². The summed E-state index contributed by atoms with van der Waals surface area (Å²) in [7, 11) is 1.66. The van der Waals surface area contributed by atoms with E-state index in [1.54, 1.807) is 18.9 Å². The molecule has 7 heteroatoms. The number of rotatable bonds is 6. The fourth-order valence-electron chi connectivity index (χ4n) is 4.42. The first kappa shape index (κ1) is 21.2. The summed E-state index contributed by atoms with van der Waals surface area (Å²) in [5.41, 5.74) is 5.01. The number of nitrogens with one attached hydrogen (secondary N) is 1. The Morgan fingerprint density at radius 2 is 2.03 bits per heavy atom. The van der Waals surface area contributed by atoms with Crippen molar-refractivity contribution in [3.05, 3.63) is 47.5 Å². The highest BCUT2D eigenvalue weighted by Gasteiger charge is 2.27. The molecule has 2 amide bonds. The summed E-state index contributed by atoms with van der Waals surface area (Å²) < 4.78 is 10.8. The van der Waals surface area contributed by atoms with Crippen molar-refractivity contribution in [2.24, 2.45) is 0 Å². The number of benzene rings is 2. The lowest BCUT2D eigenvalue weighted by molar-refractivity contribution is -0.119. The largest absolute Gasteiger partial charge is 0.496 e. The van der Waals surface area contributed by atoms with Crippen LogP contribution in [0.1, 0.15) is 24.5 Å². The molecule has 0 aromatic heterocycles. The Labute approximate surface area is 182 Å². The van der Waals surface area contributed by atoms with E-state index >= 15 is 0 Å². The van der Waals surface area contributed by atoms with Gasteiger partial charge in [0.05, 0.1) is 19.3 Å². The van der Waals surface area contributed by atoms with Crippen LogP contribution in [0.25, 0.3) is 11.1 Å². The van der Waals surface area contributed by atoms with Crippen molar-refractivity contribution in [2.75, 3.05) is 38.3 Å². The first-order valence-corrected chi connectivity index (χ1v) is 10.7. The third-order valence-electron chi connectivity index (χ3n) is 5.84. The molecule has 164 valence electrons. The Morgan fingerprint density at radius 1 is 1.19 bits per heavy atom. The van der Waals surface area contributed by atoms with E-state index in [-0.39, 0.29) is 18.0 Å². The van der Waals surface area contributed by atoms with Crippen molar-refractivity contribution in [2.45, 2.75) is 32.9 Å². The predicted molar refractivity (Wildman–Crippen MR) is 119 cm³/mol. The summed E-state index contributed by atoms with van der Waals surface area (Å²) in [5.74, 6) is 0.784. The van der Waals surface area contributed by atoms with Crippen LogP contribution in [-0.4, -0.2) is 56.3 Å². The lowest BCUT2D eigenvalue weighted by atomic mass is 9.97. The summed E-state index contributed by atoms with van der Waals surface area (Å²) in [6.07, 6.45) is 0.642. The summed E-state index contributed by atoms with van der Waals surface area (Å²) in [6.45, 7) is 7.12. The van der Waals surface area contributed by atoms with Crippen LogP contribution in [0.4, 0.5) is 10.5 Å². The zero-order chi connectivity index (χ0) is 22.0. The lowest BCUT2D eigenvalue weighted by Crippen LogP contribution is -2.35. The molecule has 0 radical (unpaired) electrons. The smallest absolute Gasteiger partial charge is 0.414 e. The minimum atomic E-state index is -0.318. The molecule has 2 fully saturated rings. The Bertz CT molecular complexity index is 991. The van der Waals surface area contributed by atoms with Crippen LogP contribution < -0.4 is 15.0 Å². The number of anilines is 1. The second kappa shape index (κ2) is 8.98. The van der Waals surface area contributed by atoms with Gasteiger partial charge in [-0.2, -0.15) is 0 Å². The van der Waals surface area contributed by atoms with Crippen molar-refractivity contribution in [1.82, 2.24) is 10.2 Å². The Morgan fingerprint density at radius 3 is 2.74 bits per heavy atom. The predicted octanol–water partition coefficient (Wildman–Crippen LogP) is 3.34. The van der Waals surface area contributed by atoms with Crippen molar-refractivity contribution >= 4 is 17.7 Å². The van der Waals surface area contributed by atoms with Crippen LogP contribution in [0.3, 0.4) is 0 Å². The summed E-state index contributed by atoms with van der Waals surface area (Å²) >= 11 is 0. The molecule has 2 saturated heterocycles. The molecule has 2 aliphatic heterocycles. The molecule has 2 aromatic rings. The number of nitrogens with zero attached hydrogens (tertiary/aromatic N) is 2. The maximum Gasteiger partial charge on any atom is 0.414 e. The lowest BCUT2D eigenvalue weighted by Gasteiger charge is -2.21. The molecule has 1 unspecified atom stereocenters. The molecule has 31 heavy (non-hydrogen) atoms. The monoisotopic (exact) mass is 423 g/mol. The topological polar surface area (TPSA) is 71.1 Å². The number of methoxy groups -OCH3 is 1. The molecule has 0 bridgehead atoms. The second-order valence-corrected chi connectivity index (χ2v) is 8.24. The molecule has 2 heterocycles. The first-order valence-electron chi connectivity index (χ1n) is 10.7. The Hall–Kier alpha value is -3.06. The van der Waals surface area contributed by atoms with Gasteiger partial charge in [0, 0.05) is 43.7 Å². The number of cyclic esters (lactones) is 1. The molecule has 0 spiro atoms. The third kappa shape index (κ3) is 4.66. The molecular weight excluding hydrogens is 394 g/mol. The average Bonchev–Trinajstić information content (AvgIpc) is 3.36. The minimum absolute atomic E-state index is 0.0194. The zero-order valence-corrected chi connectivity index (χ0v) is 18.3. The van der Waals surface area contributed by atoms with Gasteiger partial charge in [-0.15, -0.1) is 0 Å². The number of hydrogen-bond acceptors (Lipinski definition) is 5. The Kier molecular flexibility index (Phi) is 6.13. The molecule has 2 aliphatic rings. The van der Waals surface area contributed by atoms with Gasteiger partial charge in [0.25, 0.3) is 0 Å². The highest BCUT2D eigenvalue weighted by atomic mass is 16.6. The molecule has 0 aliphatic carbocycles. The number of carbonyl (C=O) groups is 2. The summed E-state index contributed by atoms with van der Waals surface area (Å²) in [4.78, 5) is 27.6. The van der Waals surface area contributed by atoms with Crippen molar-refractivity contribution in [1.29, 1.82) is 0 Å². The van der Waals surface area contributed by atoms with Crippen LogP contribution in [0.2, 0.25) is 0 Å². The van der Waals surface area contributed by atoms with Gasteiger partial charge in [-0.05, 0) is 43.2 Å². The second-order valence-electron chi connectivity index (χ2n) is 8.24. The van der Waals surface area contributed by atoms with Crippen LogP contribution in [0.15, 0.2) is 36.4 Å². The van der Waals surface area contributed by atoms with E-state index < -0.39 is 0 Å². The van der Waals surface area contributed by atoms with Gasteiger partial charge in [-0.3, -0.25) is 14.6 Å². The van der Waals surface area contributed by atoms with E-state index in [9.17, 15) is 9.59 Å². The van der Waals surface area contributed by atoms with Crippen LogP contribution in [0, 0.1) is 6.92 Å². The van der Waals surface area contributed by atoms with E-state index in [1.165, 1.54) is 0 Å². The van der Waals surface area contributed by atoms with Crippen molar-refractivity contribution in [3.8, 4) is 16.9 Å². The van der Waals surface area contributed by atoms with E-state index in [2.05, 4.69) is 28.4 Å². The zero-order valence-electron chi connectivity index (χ0n) is 18.3. The van der Waals surface area contributed by atoms with Crippen molar-refractivity contribution in [3.63, 3.8) is 0 Å². The highest BCUT2D eigenvalue weighted by Crippen LogP contribution is 2.39.